The van der Waals surface area contributed by atoms with E-state index in [0.29, 0.717) is 22.8 Å². The standard InChI is InChI=1S/C14H13N3O3/c1-20-11-8-6-10(7-9-11)16-14(18)15-12-4-2-3-5-13(12)17(16)19/h2-9,19H,1H3,(H,15,18). The van der Waals surface area contributed by atoms with Crippen LogP contribution in [-0.4, -0.2) is 18.3 Å². The zero-order valence-electron chi connectivity index (χ0n) is 10.8. The Kier molecular flexibility index (Phi) is 2.92. The highest BCUT2D eigenvalue weighted by Crippen LogP contribution is 2.33. The number of hydrogen-bond donors (Lipinski definition) is 2. The fourth-order valence-electron chi connectivity index (χ4n) is 2.07. The number of hydrazine groups is 1. The van der Waals surface area contributed by atoms with E-state index in [9.17, 15) is 10.0 Å². The zero-order chi connectivity index (χ0) is 14.1. The maximum Gasteiger partial charge on any atom is 0.347 e. The van der Waals surface area contributed by atoms with Gasteiger partial charge in [-0.2, -0.15) is 10.2 Å². The Morgan fingerprint density at radius 2 is 1.80 bits per heavy atom. The first kappa shape index (κ1) is 12.3. The minimum atomic E-state index is -0.434. The Bertz CT molecular complexity index is 642. The number of para-hydroxylation sites is 2. The first-order valence-electron chi connectivity index (χ1n) is 6.04. The average molecular weight is 271 g/mol. The Morgan fingerprint density at radius 1 is 1.10 bits per heavy atom. The zero-order valence-corrected chi connectivity index (χ0v) is 10.8. The fraction of sp³-hybridized carbons (Fsp3) is 0.0714. The smallest absolute Gasteiger partial charge is 0.347 e. The minimum absolute atomic E-state index is 0.434. The van der Waals surface area contributed by atoms with E-state index in [1.165, 1.54) is 0 Å². The molecule has 0 unspecified atom stereocenters. The van der Waals surface area contributed by atoms with Crippen LogP contribution in [0.15, 0.2) is 48.5 Å². The van der Waals surface area contributed by atoms with Crippen LogP contribution in [0.5, 0.6) is 5.75 Å². The van der Waals surface area contributed by atoms with Crippen LogP contribution in [0.2, 0.25) is 0 Å². The van der Waals surface area contributed by atoms with E-state index in [0.717, 1.165) is 10.2 Å². The largest absolute Gasteiger partial charge is 0.497 e. The molecule has 0 fully saturated rings. The summed E-state index contributed by atoms with van der Waals surface area (Å²) >= 11 is 0. The molecule has 1 aliphatic rings. The Hall–Kier alpha value is -2.73. The summed E-state index contributed by atoms with van der Waals surface area (Å²) in [5, 5.41) is 14.9. The molecule has 0 aliphatic carbocycles. The molecule has 0 aromatic heterocycles. The topological polar surface area (TPSA) is 65.0 Å². The van der Waals surface area contributed by atoms with Crippen molar-refractivity contribution in [3.8, 4) is 5.75 Å². The van der Waals surface area contributed by atoms with E-state index >= 15 is 0 Å². The molecule has 0 atom stereocenters. The number of benzene rings is 2. The van der Waals surface area contributed by atoms with Gasteiger partial charge in [0.1, 0.15) is 11.4 Å². The van der Waals surface area contributed by atoms with Gasteiger partial charge in [-0.05, 0) is 36.4 Å². The van der Waals surface area contributed by atoms with Gasteiger partial charge in [-0.25, -0.2) is 4.79 Å². The van der Waals surface area contributed by atoms with Crippen LogP contribution in [0.3, 0.4) is 0 Å². The molecule has 1 aliphatic heterocycles. The van der Waals surface area contributed by atoms with E-state index in [4.69, 9.17) is 4.74 Å². The number of amides is 2. The molecule has 1 heterocycles. The third-order valence-electron chi connectivity index (χ3n) is 3.06. The first-order valence-corrected chi connectivity index (χ1v) is 6.04. The Balaban J connectivity index is 1.99. The summed E-state index contributed by atoms with van der Waals surface area (Å²) in [6, 6.07) is 13.4. The van der Waals surface area contributed by atoms with Gasteiger partial charge in [0, 0.05) is 0 Å². The molecule has 0 radical (unpaired) electrons. The lowest BCUT2D eigenvalue weighted by Crippen LogP contribution is -2.50. The molecular weight excluding hydrogens is 258 g/mol. The lowest BCUT2D eigenvalue weighted by Gasteiger charge is -2.36. The molecule has 3 rings (SSSR count). The SMILES string of the molecule is COc1ccc(N2C(=O)Nc3ccccc3N2O)cc1. The van der Waals surface area contributed by atoms with E-state index in [-0.39, 0.29) is 0 Å². The van der Waals surface area contributed by atoms with Crippen molar-refractivity contribution in [2.45, 2.75) is 0 Å². The summed E-state index contributed by atoms with van der Waals surface area (Å²) in [4.78, 5) is 12.1. The lowest BCUT2D eigenvalue weighted by molar-refractivity contribution is 0.221. The third kappa shape index (κ3) is 1.92. The van der Waals surface area contributed by atoms with E-state index in [1.807, 2.05) is 0 Å². The molecule has 102 valence electrons. The quantitative estimate of drug-likeness (QED) is 0.881. The molecule has 2 N–H and O–H groups in total. The van der Waals surface area contributed by atoms with Crippen molar-refractivity contribution in [1.29, 1.82) is 0 Å². The van der Waals surface area contributed by atoms with Crippen molar-refractivity contribution in [2.24, 2.45) is 0 Å². The molecule has 20 heavy (non-hydrogen) atoms. The normalized spacial score (nSPS) is 13.8. The van der Waals surface area contributed by atoms with Gasteiger partial charge in [0.2, 0.25) is 0 Å². The highest BCUT2D eigenvalue weighted by molar-refractivity contribution is 6.08. The number of carbonyl (C=O) groups is 1. The van der Waals surface area contributed by atoms with Crippen LogP contribution < -0.4 is 20.2 Å². The summed E-state index contributed by atoms with van der Waals surface area (Å²) in [5.41, 5.74) is 1.59. The summed E-state index contributed by atoms with van der Waals surface area (Å²) in [6.45, 7) is 0. The van der Waals surface area contributed by atoms with Crippen LogP contribution >= 0.6 is 0 Å². The molecule has 0 saturated heterocycles. The molecule has 0 saturated carbocycles. The Morgan fingerprint density at radius 3 is 2.50 bits per heavy atom. The van der Waals surface area contributed by atoms with E-state index < -0.39 is 6.03 Å². The minimum Gasteiger partial charge on any atom is -0.497 e. The molecule has 2 aromatic carbocycles. The monoisotopic (exact) mass is 271 g/mol. The number of anilines is 3. The van der Waals surface area contributed by atoms with Crippen molar-refractivity contribution in [3.05, 3.63) is 48.5 Å². The van der Waals surface area contributed by atoms with Crippen molar-refractivity contribution in [2.75, 3.05) is 22.6 Å². The summed E-state index contributed by atoms with van der Waals surface area (Å²) in [6.07, 6.45) is 0. The van der Waals surface area contributed by atoms with Gasteiger partial charge in [0.15, 0.2) is 0 Å². The van der Waals surface area contributed by atoms with Crippen molar-refractivity contribution < 1.29 is 14.7 Å². The number of methoxy groups -OCH3 is 1. The highest BCUT2D eigenvalue weighted by atomic mass is 16.6. The van der Waals surface area contributed by atoms with Crippen molar-refractivity contribution >= 4 is 23.1 Å². The van der Waals surface area contributed by atoms with Crippen LogP contribution in [0, 0.1) is 0 Å². The summed E-state index contributed by atoms with van der Waals surface area (Å²) in [7, 11) is 1.57. The van der Waals surface area contributed by atoms with Gasteiger partial charge in [-0.15, -0.1) is 0 Å². The van der Waals surface area contributed by atoms with Gasteiger partial charge >= 0.3 is 6.03 Å². The van der Waals surface area contributed by atoms with Gasteiger partial charge in [-0.1, -0.05) is 12.1 Å². The summed E-state index contributed by atoms with van der Waals surface area (Å²) < 4.78 is 5.07. The van der Waals surface area contributed by atoms with Crippen LogP contribution in [0.25, 0.3) is 0 Å². The molecular formula is C14H13N3O3. The molecule has 6 heteroatoms. The number of carbonyl (C=O) groups excluding carboxylic acids is 1. The van der Waals surface area contributed by atoms with Gasteiger partial charge in [0.05, 0.1) is 18.5 Å². The number of rotatable bonds is 2. The fourth-order valence-corrected chi connectivity index (χ4v) is 2.07. The third-order valence-corrected chi connectivity index (χ3v) is 3.06. The predicted octanol–water partition coefficient (Wildman–Crippen LogP) is 2.86. The number of nitrogens with one attached hydrogen (secondary N) is 1. The Labute approximate surface area is 115 Å². The molecule has 0 spiro atoms. The predicted molar refractivity (Wildman–Crippen MR) is 75.2 cm³/mol. The number of ether oxygens (including phenoxy) is 1. The summed E-state index contributed by atoms with van der Waals surface area (Å²) in [5.74, 6) is 0.677. The van der Waals surface area contributed by atoms with E-state index in [1.54, 1.807) is 55.6 Å². The van der Waals surface area contributed by atoms with Gasteiger partial charge < -0.3 is 10.1 Å². The van der Waals surface area contributed by atoms with Gasteiger partial charge in [-0.3, -0.25) is 5.21 Å². The molecule has 6 nitrogen and oxygen atoms in total. The van der Waals surface area contributed by atoms with Crippen LogP contribution in [0.4, 0.5) is 21.9 Å². The second-order valence-corrected chi connectivity index (χ2v) is 4.25. The number of fused-ring (bicyclic) bond motifs is 1. The number of hydrogen-bond acceptors (Lipinski definition) is 4. The van der Waals surface area contributed by atoms with Crippen LogP contribution in [-0.2, 0) is 0 Å². The maximum atomic E-state index is 12.1. The first-order chi connectivity index (χ1) is 9.70. The van der Waals surface area contributed by atoms with Crippen molar-refractivity contribution in [1.82, 2.24) is 0 Å². The lowest BCUT2D eigenvalue weighted by atomic mass is 10.2. The number of urea groups is 1. The number of nitrogens with zero attached hydrogens (tertiary/aromatic N) is 2. The van der Waals surface area contributed by atoms with E-state index in [2.05, 4.69) is 5.32 Å². The second kappa shape index (κ2) is 4.75. The molecule has 0 bridgehead atoms. The maximum absolute atomic E-state index is 12.1. The molecule has 2 aromatic rings. The highest BCUT2D eigenvalue weighted by Gasteiger charge is 2.30. The van der Waals surface area contributed by atoms with Crippen molar-refractivity contribution in [3.63, 3.8) is 0 Å². The average Bonchev–Trinajstić information content (AvgIpc) is 2.48. The second-order valence-electron chi connectivity index (χ2n) is 4.25. The molecule has 2 amide bonds. The van der Waals surface area contributed by atoms with Crippen LogP contribution in [0.1, 0.15) is 0 Å². The van der Waals surface area contributed by atoms with Gasteiger partial charge in [0.25, 0.3) is 0 Å².